The molecule has 0 radical (unpaired) electrons. The number of carbonyl (C=O) groups excluding carboxylic acids is 3. The van der Waals surface area contributed by atoms with Gasteiger partial charge in [-0.3, -0.25) is 29.5 Å². The van der Waals surface area contributed by atoms with Gasteiger partial charge in [0.15, 0.2) is 0 Å². The molecule has 0 saturated carbocycles. The van der Waals surface area contributed by atoms with E-state index in [9.17, 15) is 23.2 Å². The molecule has 4 rings (SSSR count). The van der Waals surface area contributed by atoms with Crippen molar-refractivity contribution in [3.05, 3.63) is 77.9 Å². The highest BCUT2D eigenvalue weighted by Gasteiger charge is 2.31. The van der Waals surface area contributed by atoms with Crippen LogP contribution in [-0.2, 0) is 20.8 Å². The average molecular weight is 599 g/mol. The highest BCUT2D eigenvalue weighted by Crippen LogP contribution is 2.32. The van der Waals surface area contributed by atoms with Gasteiger partial charge in [-0.15, -0.1) is 5.53 Å². The molecule has 0 aliphatic carbocycles. The quantitative estimate of drug-likeness (QED) is 0.165. The number of nitrogens with zero attached hydrogens (tertiary/aromatic N) is 3. The van der Waals surface area contributed by atoms with Crippen molar-refractivity contribution < 1.29 is 23.2 Å². The van der Waals surface area contributed by atoms with Gasteiger partial charge in [0.25, 0.3) is 0 Å². The van der Waals surface area contributed by atoms with Crippen molar-refractivity contribution in [2.75, 3.05) is 47.3 Å². The van der Waals surface area contributed by atoms with E-state index in [-0.39, 0.29) is 31.0 Å². The molecule has 0 spiro atoms. The van der Waals surface area contributed by atoms with Gasteiger partial charge >= 0.3 is 0 Å². The van der Waals surface area contributed by atoms with Gasteiger partial charge < -0.3 is 21.3 Å². The van der Waals surface area contributed by atoms with Gasteiger partial charge in [-0.25, -0.2) is 8.78 Å². The summed E-state index contributed by atoms with van der Waals surface area (Å²) in [5.41, 5.74) is 11.4. The minimum Gasteiger partial charge on any atom is -0.398 e. The fourth-order valence-electron chi connectivity index (χ4n) is 4.57. The van der Waals surface area contributed by atoms with Gasteiger partial charge in [0.2, 0.25) is 17.7 Å². The molecule has 1 unspecified atom stereocenters. The van der Waals surface area contributed by atoms with Crippen LogP contribution in [0.2, 0.25) is 0 Å². The molecule has 1 aliphatic heterocycles. The van der Waals surface area contributed by atoms with Crippen LogP contribution in [0, 0.1) is 11.6 Å². The Morgan fingerprint density at radius 2 is 1.60 bits per heavy atom. The lowest BCUT2D eigenvalue weighted by Crippen LogP contribution is -2.54. The summed E-state index contributed by atoms with van der Waals surface area (Å²) in [5, 5.41) is 14.2. The number of likely N-dealkylation sites (N-methyl/N-ethyl adjacent to an activating group) is 2. The van der Waals surface area contributed by atoms with E-state index < -0.39 is 29.5 Å². The van der Waals surface area contributed by atoms with Crippen LogP contribution < -0.4 is 42.0 Å². The lowest BCUT2D eigenvalue weighted by Gasteiger charge is -2.27. The number of hydrazine groups is 2. The first-order valence-corrected chi connectivity index (χ1v) is 13.9. The first-order valence-electron chi connectivity index (χ1n) is 13.0. The second kappa shape index (κ2) is 13.5. The molecule has 1 heterocycles. The Bertz CT molecular complexity index is 1460. The van der Waals surface area contributed by atoms with Crippen molar-refractivity contribution >= 4 is 52.4 Å². The molecule has 0 bridgehead atoms. The number of halogens is 2. The number of para-hydroxylation sites is 2. The van der Waals surface area contributed by atoms with Crippen LogP contribution in [0.15, 0.2) is 65.6 Å². The number of nitrogen functional groups attached to an aromatic ring is 1. The molecule has 3 amide bonds. The number of rotatable bonds is 11. The Labute approximate surface area is 246 Å². The van der Waals surface area contributed by atoms with Crippen LogP contribution >= 0.6 is 11.9 Å². The van der Waals surface area contributed by atoms with E-state index in [2.05, 4.69) is 16.2 Å². The lowest BCUT2D eigenvalue weighted by molar-refractivity contribution is -0.126. The number of anilines is 4. The fraction of sp³-hybridized carbons (Fsp3) is 0.250. The Morgan fingerprint density at radius 1 is 0.976 bits per heavy atom. The Morgan fingerprint density at radius 3 is 2.17 bits per heavy atom. The highest BCUT2D eigenvalue weighted by atomic mass is 32.2. The van der Waals surface area contributed by atoms with Crippen molar-refractivity contribution in [1.29, 1.82) is 0 Å². The molecule has 1 atom stereocenters. The molecular weight excluding hydrogens is 566 g/mol. The minimum absolute atomic E-state index is 0.00456. The number of amides is 3. The monoisotopic (exact) mass is 598 g/mol. The van der Waals surface area contributed by atoms with Crippen molar-refractivity contribution in [3.63, 3.8) is 0 Å². The zero-order valence-corrected chi connectivity index (χ0v) is 23.9. The van der Waals surface area contributed by atoms with Gasteiger partial charge in [-0.1, -0.05) is 12.1 Å². The molecule has 0 aromatic heterocycles. The van der Waals surface area contributed by atoms with E-state index >= 15 is 0 Å². The zero-order valence-electron chi connectivity index (χ0n) is 23.1. The summed E-state index contributed by atoms with van der Waals surface area (Å²) in [7, 11) is 1.51. The third-order valence-corrected chi connectivity index (χ3v) is 7.14. The number of hydrogen-bond donors (Lipinski definition) is 5. The largest absolute Gasteiger partial charge is 0.398 e. The van der Waals surface area contributed by atoms with Crippen LogP contribution in [-0.4, -0.2) is 50.4 Å². The summed E-state index contributed by atoms with van der Waals surface area (Å²) in [6, 6.07) is 13.8. The van der Waals surface area contributed by atoms with Crippen LogP contribution in [0.5, 0.6) is 0 Å². The van der Waals surface area contributed by atoms with E-state index in [0.29, 0.717) is 34.2 Å². The SMILES string of the molecule is CCNC(=O)CN1NN(CC(=O)NC(Cc2cc(F)cc(F)c2)C(=O)N(C)c2ccc(SN)c(N)c2)c2ccccc21. The normalized spacial score (nSPS) is 13.0. The van der Waals surface area contributed by atoms with Crippen molar-refractivity contribution in [1.82, 2.24) is 16.2 Å². The Balaban J connectivity index is 1.54. The predicted octanol–water partition coefficient (Wildman–Crippen LogP) is 2.09. The van der Waals surface area contributed by atoms with Gasteiger partial charge in [0.1, 0.15) is 30.8 Å². The van der Waals surface area contributed by atoms with Gasteiger partial charge in [0.05, 0.1) is 11.4 Å². The van der Waals surface area contributed by atoms with E-state index in [1.807, 2.05) is 13.0 Å². The van der Waals surface area contributed by atoms with Gasteiger partial charge in [-0.05, 0) is 66.9 Å². The number of hydrogen-bond acceptors (Lipinski definition) is 9. The third kappa shape index (κ3) is 7.26. The summed E-state index contributed by atoms with van der Waals surface area (Å²) < 4.78 is 27.9. The molecule has 3 aromatic carbocycles. The first-order chi connectivity index (χ1) is 20.1. The summed E-state index contributed by atoms with van der Waals surface area (Å²) in [4.78, 5) is 41.1. The number of carbonyl (C=O) groups is 3. The van der Waals surface area contributed by atoms with Crippen molar-refractivity contribution in [2.24, 2.45) is 5.14 Å². The van der Waals surface area contributed by atoms with Crippen molar-refractivity contribution in [3.8, 4) is 0 Å². The minimum atomic E-state index is -1.18. The average Bonchev–Trinajstić information content (AvgIpc) is 3.27. The smallest absolute Gasteiger partial charge is 0.249 e. The highest BCUT2D eigenvalue weighted by molar-refractivity contribution is 7.97. The number of fused-ring (bicyclic) bond motifs is 1. The zero-order chi connectivity index (χ0) is 30.4. The summed E-state index contributed by atoms with van der Waals surface area (Å²) in [6.07, 6.45) is -0.177. The Kier molecular flexibility index (Phi) is 9.83. The molecule has 3 aromatic rings. The summed E-state index contributed by atoms with van der Waals surface area (Å²) in [5.74, 6) is -2.89. The van der Waals surface area contributed by atoms with E-state index in [0.717, 1.165) is 30.1 Å². The number of benzene rings is 3. The molecule has 42 heavy (non-hydrogen) atoms. The van der Waals surface area contributed by atoms with Gasteiger partial charge in [-0.2, -0.15) is 0 Å². The van der Waals surface area contributed by atoms with Crippen molar-refractivity contribution in [2.45, 2.75) is 24.3 Å². The van der Waals surface area contributed by atoms with E-state index in [1.165, 1.54) is 11.9 Å². The van der Waals surface area contributed by atoms with E-state index in [1.54, 1.807) is 46.4 Å². The lowest BCUT2D eigenvalue weighted by atomic mass is 10.0. The van der Waals surface area contributed by atoms with E-state index in [4.69, 9.17) is 10.9 Å². The molecule has 14 heteroatoms. The van der Waals surface area contributed by atoms with Crippen LogP contribution in [0.4, 0.5) is 31.5 Å². The maximum absolute atomic E-state index is 14.0. The molecule has 0 saturated heterocycles. The maximum Gasteiger partial charge on any atom is 0.249 e. The molecule has 11 nitrogen and oxygen atoms in total. The fourth-order valence-corrected chi connectivity index (χ4v) is 4.91. The second-order valence-corrected chi connectivity index (χ2v) is 10.2. The second-order valence-electron chi connectivity index (χ2n) is 9.55. The maximum atomic E-state index is 14.0. The number of nitrogens with two attached hydrogens (primary N) is 2. The molecule has 1 aliphatic rings. The summed E-state index contributed by atoms with van der Waals surface area (Å²) in [6.45, 7) is 2.06. The molecule has 222 valence electrons. The molecule has 7 N–H and O–H groups in total. The first kappa shape index (κ1) is 30.6. The standard InChI is InChI=1S/C28H32F2N8O3S/c1-3-33-26(39)15-37-23-6-4-5-7-24(23)38(35-37)16-27(40)34-22(12-17-10-18(29)13-19(30)11-17)28(41)36(2)20-8-9-25(42-32)21(31)14-20/h4-11,13-14,22,35H,3,12,15-16,31-32H2,1-2H3,(H,33,39)(H,34,40). The van der Waals surface area contributed by atoms with Crippen LogP contribution in [0.3, 0.4) is 0 Å². The topological polar surface area (TPSA) is 149 Å². The van der Waals surface area contributed by atoms with Crippen LogP contribution in [0.25, 0.3) is 0 Å². The molecule has 0 fully saturated rings. The number of nitrogens with one attached hydrogen (secondary N) is 3. The van der Waals surface area contributed by atoms with Gasteiger partial charge in [0, 0.05) is 42.3 Å². The molecular formula is C28H32F2N8O3S. The van der Waals surface area contributed by atoms with Crippen LogP contribution in [0.1, 0.15) is 12.5 Å². The Hall–Kier alpha value is -4.40. The third-order valence-electron chi connectivity index (χ3n) is 6.52. The summed E-state index contributed by atoms with van der Waals surface area (Å²) >= 11 is 0.966. The predicted molar refractivity (Wildman–Crippen MR) is 159 cm³/mol.